The number of hydrogen-bond acceptors (Lipinski definition) is 5. The fourth-order valence-corrected chi connectivity index (χ4v) is 1.39. The highest BCUT2D eigenvalue weighted by molar-refractivity contribution is 6.24. The van der Waals surface area contributed by atoms with Gasteiger partial charge in [-0.05, 0) is 25.6 Å². The minimum absolute atomic E-state index is 0.145. The molecule has 1 saturated heterocycles. The van der Waals surface area contributed by atoms with E-state index < -0.39 is 17.5 Å². The van der Waals surface area contributed by atoms with Gasteiger partial charge in [-0.15, -0.1) is 0 Å². The smallest absolute Gasteiger partial charge is 0.340 e. The lowest BCUT2D eigenvalue weighted by Crippen LogP contribution is -2.39. The summed E-state index contributed by atoms with van der Waals surface area (Å²) < 4.78 is 10.6. The van der Waals surface area contributed by atoms with Gasteiger partial charge in [0.15, 0.2) is 0 Å². The molecule has 0 aromatic carbocycles. The van der Waals surface area contributed by atoms with Gasteiger partial charge >= 0.3 is 11.9 Å². The summed E-state index contributed by atoms with van der Waals surface area (Å²) >= 11 is 5.60. The highest BCUT2D eigenvalue weighted by Crippen LogP contribution is 2.37. The van der Waals surface area contributed by atoms with Crippen molar-refractivity contribution in [1.29, 1.82) is 0 Å². The van der Waals surface area contributed by atoms with Gasteiger partial charge in [-0.25, -0.2) is 9.59 Å². The zero-order valence-electron chi connectivity index (χ0n) is 8.08. The number of carbonyl (C=O) groups is 2. The van der Waals surface area contributed by atoms with Gasteiger partial charge in [0, 0.05) is 0 Å². The van der Waals surface area contributed by atoms with E-state index in [2.05, 4.69) is 0 Å². The maximum absolute atomic E-state index is 11.4. The first kappa shape index (κ1) is 11.3. The molecule has 0 aromatic rings. The second-order valence-electron chi connectivity index (χ2n) is 2.82. The quantitative estimate of drug-likeness (QED) is 0.296. The number of hydrogen-bond donors (Lipinski definition) is 0. The fraction of sp³-hybridized carbons (Fsp3) is 0.750. The Kier molecular flexibility index (Phi) is 3.34. The Balaban J connectivity index is 2.68. The molecule has 1 atom stereocenters. The molecule has 1 aliphatic rings. The zero-order valence-corrected chi connectivity index (χ0v) is 8.84. The van der Waals surface area contributed by atoms with Crippen molar-refractivity contribution in [3.63, 3.8) is 0 Å². The van der Waals surface area contributed by atoms with Gasteiger partial charge in [0.25, 0.3) is 0 Å². The number of nitrogens with zero attached hydrogens (tertiary/aromatic N) is 1. The summed E-state index contributed by atoms with van der Waals surface area (Å²) in [5.41, 5.74) is -1.40. The van der Waals surface area contributed by atoms with Crippen LogP contribution in [0.3, 0.4) is 0 Å². The predicted molar refractivity (Wildman–Crippen MR) is 48.6 cm³/mol. The van der Waals surface area contributed by atoms with Gasteiger partial charge in [-0.3, -0.25) is 0 Å². The van der Waals surface area contributed by atoms with E-state index in [0.29, 0.717) is 0 Å². The summed E-state index contributed by atoms with van der Waals surface area (Å²) in [7, 11) is 0. The van der Waals surface area contributed by atoms with Gasteiger partial charge < -0.3 is 9.47 Å². The summed E-state index contributed by atoms with van der Waals surface area (Å²) in [6, 6.07) is 0. The zero-order chi connectivity index (χ0) is 10.8. The van der Waals surface area contributed by atoms with Crippen molar-refractivity contribution in [3.05, 3.63) is 0 Å². The standard InChI is InChI=1S/C8H12ClNO4/c1-3-13-6(11)8(5-10(8)9)7(12)14-4-2/h3-5H2,1-2H3. The molecule has 0 aromatic heterocycles. The van der Waals surface area contributed by atoms with Crippen LogP contribution in [0.15, 0.2) is 0 Å². The van der Waals surface area contributed by atoms with Crippen LogP contribution in [-0.2, 0) is 19.1 Å². The molecule has 0 aliphatic carbocycles. The van der Waals surface area contributed by atoms with Gasteiger partial charge in [0.1, 0.15) is 0 Å². The van der Waals surface area contributed by atoms with Crippen LogP contribution < -0.4 is 0 Å². The molecule has 80 valence electrons. The normalized spacial score (nSPS) is 22.6. The molecule has 1 aliphatic heterocycles. The van der Waals surface area contributed by atoms with Crippen LogP contribution >= 0.6 is 11.8 Å². The minimum atomic E-state index is -1.40. The van der Waals surface area contributed by atoms with Gasteiger partial charge in [0.05, 0.1) is 19.8 Å². The second-order valence-corrected chi connectivity index (χ2v) is 3.23. The first-order chi connectivity index (χ1) is 6.59. The average molecular weight is 222 g/mol. The molecule has 1 fully saturated rings. The van der Waals surface area contributed by atoms with Crippen LogP contribution in [0.4, 0.5) is 0 Å². The van der Waals surface area contributed by atoms with E-state index in [1.807, 2.05) is 0 Å². The maximum Gasteiger partial charge on any atom is 0.340 e. The third-order valence-corrected chi connectivity index (χ3v) is 2.31. The summed E-state index contributed by atoms with van der Waals surface area (Å²) in [5.74, 6) is -1.29. The number of rotatable bonds is 4. The summed E-state index contributed by atoms with van der Waals surface area (Å²) in [6.45, 7) is 3.90. The number of carbonyl (C=O) groups excluding carboxylic acids is 2. The minimum Gasteiger partial charge on any atom is -0.464 e. The Bertz CT molecular complexity index is 238. The maximum atomic E-state index is 11.4. The molecule has 0 radical (unpaired) electrons. The van der Waals surface area contributed by atoms with Crippen LogP contribution in [0.25, 0.3) is 0 Å². The van der Waals surface area contributed by atoms with Crippen LogP contribution in [0, 0.1) is 0 Å². The Hall–Kier alpha value is -0.810. The largest absolute Gasteiger partial charge is 0.464 e. The highest BCUT2D eigenvalue weighted by Gasteiger charge is 2.67. The van der Waals surface area contributed by atoms with E-state index in [1.54, 1.807) is 13.8 Å². The van der Waals surface area contributed by atoms with E-state index >= 15 is 0 Å². The van der Waals surface area contributed by atoms with Gasteiger partial charge in [-0.2, -0.15) is 4.42 Å². The third-order valence-electron chi connectivity index (χ3n) is 1.90. The molecule has 0 amide bonds. The molecule has 1 unspecified atom stereocenters. The molecule has 6 heteroatoms. The Morgan fingerprint density at radius 1 is 1.29 bits per heavy atom. The first-order valence-corrected chi connectivity index (χ1v) is 4.71. The lowest BCUT2D eigenvalue weighted by Gasteiger charge is -2.11. The van der Waals surface area contributed by atoms with Gasteiger partial charge in [-0.1, -0.05) is 0 Å². The van der Waals surface area contributed by atoms with Crippen molar-refractivity contribution in [2.75, 3.05) is 19.8 Å². The Morgan fingerprint density at radius 2 is 1.64 bits per heavy atom. The van der Waals surface area contributed by atoms with E-state index in [4.69, 9.17) is 21.3 Å². The molecule has 1 heterocycles. The Labute approximate surface area is 87.0 Å². The molecule has 0 spiro atoms. The van der Waals surface area contributed by atoms with Crippen molar-refractivity contribution in [1.82, 2.24) is 4.42 Å². The van der Waals surface area contributed by atoms with Crippen molar-refractivity contribution in [2.24, 2.45) is 0 Å². The summed E-state index contributed by atoms with van der Waals surface area (Å²) in [5, 5.41) is 0. The second kappa shape index (κ2) is 4.14. The van der Waals surface area contributed by atoms with E-state index in [9.17, 15) is 9.59 Å². The summed E-state index contributed by atoms with van der Waals surface area (Å²) in [4.78, 5) is 22.8. The third kappa shape index (κ3) is 1.69. The van der Waals surface area contributed by atoms with Crippen LogP contribution in [-0.4, -0.2) is 41.7 Å². The molecule has 14 heavy (non-hydrogen) atoms. The molecular formula is C8H12ClNO4. The predicted octanol–water partition coefficient (Wildman–Crippen LogP) is 0.321. The molecule has 5 nitrogen and oxygen atoms in total. The van der Waals surface area contributed by atoms with Crippen LogP contribution in [0.5, 0.6) is 0 Å². The lowest BCUT2D eigenvalue weighted by atomic mass is 10.1. The SMILES string of the molecule is CCOC(=O)C1(C(=O)OCC)CN1Cl. The van der Waals surface area contributed by atoms with Crippen molar-refractivity contribution in [2.45, 2.75) is 19.4 Å². The lowest BCUT2D eigenvalue weighted by molar-refractivity contribution is -0.159. The number of halogens is 1. The van der Waals surface area contributed by atoms with E-state index in [-0.39, 0.29) is 19.8 Å². The molecular weight excluding hydrogens is 210 g/mol. The highest BCUT2D eigenvalue weighted by atomic mass is 35.5. The Morgan fingerprint density at radius 3 is 1.86 bits per heavy atom. The number of esters is 2. The fourth-order valence-electron chi connectivity index (χ4n) is 1.08. The van der Waals surface area contributed by atoms with E-state index in [1.165, 1.54) is 0 Å². The van der Waals surface area contributed by atoms with E-state index in [0.717, 1.165) is 4.42 Å². The summed E-state index contributed by atoms with van der Waals surface area (Å²) in [6.07, 6.45) is 0. The first-order valence-electron chi connectivity index (χ1n) is 4.37. The molecule has 0 bridgehead atoms. The van der Waals surface area contributed by atoms with Crippen LogP contribution in [0.2, 0.25) is 0 Å². The molecule has 0 N–H and O–H groups in total. The molecule has 0 saturated carbocycles. The van der Waals surface area contributed by atoms with Crippen molar-refractivity contribution in [3.8, 4) is 0 Å². The topological polar surface area (TPSA) is 55.6 Å². The number of ether oxygens (including phenoxy) is 2. The van der Waals surface area contributed by atoms with Gasteiger partial charge in [0.2, 0.25) is 5.54 Å². The molecule has 1 rings (SSSR count). The van der Waals surface area contributed by atoms with Crippen molar-refractivity contribution < 1.29 is 19.1 Å². The van der Waals surface area contributed by atoms with Crippen LogP contribution in [0.1, 0.15) is 13.8 Å². The average Bonchev–Trinajstić information content (AvgIpc) is 2.80. The monoisotopic (exact) mass is 221 g/mol. The van der Waals surface area contributed by atoms with Crippen molar-refractivity contribution >= 4 is 23.7 Å².